The van der Waals surface area contributed by atoms with Crippen LogP contribution in [0.25, 0.3) is 5.69 Å². The average molecular weight is 286 g/mol. The molecule has 1 aliphatic heterocycles. The van der Waals surface area contributed by atoms with Gasteiger partial charge in [0.05, 0.1) is 11.9 Å². The molecule has 21 heavy (non-hydrogen) atoms. The third kappa shape index (κ3) is 2.62. The Morgan fingerprint density at radius 2 is 2.14 bits per heavy atom. The zero-order valence-electron chi connectivity index (χ0n) is 11.6. The standard InChI is InChI=1S/C15H18N4O2/c16-8-11-6-7-18(9-11)15(21)14-13(20)10-19(17-14)12-4-2-1-3-5-12/h1-5,10-11,20H,6-9,16H2. The molecule has 2 heterocycles. The van der Waals surface area contributed by atoms with Crippen molar-refractivity contribution in [2.75, 3.05) is 19.6 Å². The van der Waals surface area contributed by atoms with Crippen LogP contribution in [0.4, 0.5) is 0 Å². The fraction of sp³-hybridized carbons (Fsp3) is 0.333. The molecule has 1 aliphatic rings. The van der Waals surface area contributed by atoms with Gasteiger partial charge in [0.25, 0.3) is 5.91 Å². The molecule has 0 aliphatic carbocycles. The number of carbonyl (C=O) groups is 1. The van der Waals surface area contributed by atoms with Crippen LogP contribution in [0.2, 0.25) is 0 Å². The molecule has 1 atom stereocenters. The fourth-order valence-corrected chi connectivity index (χ4v) is 2.59. The first-order valence-corrected chi connectivity index (χ1v) is 7.02. The summed E-state index contributed by atoms with van der Waals surface area (Å²) in [6.07, 6.45) is 2.36. The van der Waals surface area contributed by atoms with E-state index >= 15 is 0 Å². The summed E-state index contributed by atoms with van der Waals surface area (Å²) in [5.74, 6) is 0.00508. The Kier molecular flexibility index (Phi) is 3.62. The number of hydrogen-bond donors (Lipinski definition) is 2. The predicted molar refractivity (Wildman–Crippen MR) is 78.3 cm³/mol. The van der Waals surface area contributed by atoms with Crippen molar-refractivity contribution < 1.29 is 9.90 Å². The Hall–Kier alpha value is -2.34. The summed E-state index contributed by atoms with van der Waals surface area (Å²) in [5, 5.41) is 14.2. The molecule has 3 rings (SSSR count). The summed E-state index contributed by atoms with van der Waals surface area (Å²) < 4.78 is 1.51. The van der Waals surface area contributed by atoms with Crippen LogP contribution in [0.1, 0.15) is 16.9 Å². The number of hydrogen-bond acceptors (Lipinski definition) is 4. The highest BCUT2D eigenvalue weighted by molar-refractivity contribution is 5.95. The normalized spacial score (nSPS) is 18.1. The SMILES string of the molecule is NCC1CCN(C(=O)c2nn(-c3ccccc3)cc2O)C1. The van der Waals surface area contributed by atoms with Gasteiger partial charge in [0, 0.05) is 13.1 Å². The number of benzene rings is 1. The molecule has 110 valence electrons. The first-order chi connectivity index (χ1) is 10.2. The maximum Gasteiger partial charge on any atom is 0.278 e. The number of carbonyl (C=O) groups excluding carboxylic acids is 1. The molecule has 1 aromatic heterocycles. The van der Waals surface area contributed by atoms with E-state index in [2.05, 4.69) is 5.10 Å². The third-order valence-corrected chi connectivity index (χ3v) is 3.82. The molecule has 1 amide bonds. The van der Waals surface area contributed by atoms with Crippen LogP contribution in [0, 0.1) is 5.92 Å². The molecule has 6 heteroatoms. The van der Waals surface area contributed by atoms with Crippen LogP contribution in [-0.2, 0) is 0 Å². The number of likely N-dealkylation sites (tertiary alicyclic amines) is 1. The van der Waals surface area contributed by atoms with Crippen molar-refractivity contribution in [2.45, 2.75) is 6.42 Å². The molecule has 0 spiro atoms. The molecule has 6 nitrogen and oxygen atoms in total. The van der Waals surface area contributed by atoms with Gasteiger partial charge in [-0.2, -0.15) is 5.10 Å². The van der Waals surface area contributed by atoms with E-state index < -0.39 is 0 Å². The lowest BCUT2D eigenvalue weighted by Gasteiger charge is -2.14. The summed E-state index contributed by atoms with van der Waals surface area (Å²) in [7, 11) is 0. The van der Waals surface area contributed by atoms with E-state index in [0.717, 1.165) is 12.1 Å². The summed E-state index contributed by atoms with van der Waals surface area (Å²) >= 11 is 0. The quantitative estimate of drug-likeness (QED) is 0.881. The van der Waals surface area contributed by atoms with Gasteiger partial charge in [-0.25, -0.2) is 4.68 Å². The lowest BCUT2D eigenvalue weighted by molar-refractivity contribution is 0.0778. The van der Waals surface area contributed by atoms with Crippen LogP contribution in [0.3, 0.4) is 0 Å². The number of aromatic hydroxyl groups is 1. The van der Waals surface area contributed by atoms with E-state index in [0.29, 0.717) is 25.6 Å². The largest absolute Gasteiger partial charge is 0.504 e. The minimum atomic E-state index is -0.238. The number of amides is 1. The first kappa shape index (κ1) is 13.6. The van der Waals surface area contributed by atoms with Crippen LogP contribution in [0.5, 0.6) is 5.75 Å². The zero-order valence-corrected chi connectivity index (χ0v) is 11.6. The van der Waals surface area contributed by atoms with Gasteiger partial charge >= 0.3 is 0 Å². The molecule has 0 bridgehead atoms. The van der Waals surface area contributed by atoms with E-state index in [-0.39, 0.29) is 17.4 Å². The summed E-state index contributed by atoms with van der Waals surface area (Å²) in [6.45, 7) is 1.87. The molecule has 3 N–H and O–H groups in total. The third-order valence-electron chi connectivity index (χ3n) is 3.82. The van der Waals surface area contributed by atoms with Gasteiger partial charge in [-0.15, -0.1) is 0 Å². The van der Waals surface area contributed by atoms with Gasteiger partial charge in [-0.05, 0) is 31.0 Å². The van der Waals surface area contributed by atoms with Gasteiger partial charge < -0.3 is 15.7 Å². The van der Waals surface area contributed by atoms with Gasteiger partial charge in [0.2, 0.25) is 0 Å². The zero-order chi connectivity index (χ0) is 14.8. The summed E-state index contributed by atoms with van der Waals surface area (Å²) in [5.41, 5.74) is 6.53. The summed E-state index contributed by atoms with van der Waals surface area (Å²) in [4.78, 5) is 14.1. The smallest absolute Gasteiger partial charge is 0.278 e. The van der Waals surface area contributed by atoms with Crippen LogP contribution < -0.4 is 5.73 Å². The molecular weight excluding hydrogens is 268 g/mol. The Balaban J connectivity index is 1.83. The number of nitrogens with zero attached hydrogens (tertiary/aromatic N) is 3. The molecule has 1 fully saturated rings. The molecule has 0 saturated carbocycles. The van der Waals surface area contributed by atoms with Crippen molar-refractivity contribution in [1.29, 1.82) is 0 Å². The van der Waals surface area contributed by atoms with E-state index in [1.807, 2.05) is 30.3 Å². The van der Waals surface area contributed by atoms with Crippen molar-refractivity contribution in [2.24, 2.45) is 11.7 Å². The van der Waals surface area contributed by atoms with Crippen molar-refractivity contribution in [1.82, 2.24) is 14.7 Å². The monoisotopic (exact) mass is 286 g/mol. The second-order valence-corrected chi connectivity index (χ2v) is 5.28. The van der Waals surface area contributed by atoms with Crippen molar-refractivity contribution in [3.8, 4) is 11.4 Å². The molecule has 2 aromatic rings. The Bertz CT molecular complexity index is 638. The minimum Gasteiger partial charge on any atom is -0.504 e. The molecule has 1 aromatic carbocycles. The number of aromatic nitrogens is 2. The van der Waals surface area contributed by atoms with E-state index in [9.17, 15) is 9.90 Å². The molecular formula is C15H18N4O2. The highest BCUT2D eigenvalue weighted by Crippen LogP contribution is 2.23. The lowest BCUT2D eigenvalue weighted by Crippen LogP contribution is -2.30. The maximum absolute atomic E-state index is 12.4. The van der Waals surface area contributed by atoms with Gasteiger partial charge in [0.1, 0.15) is 0 Å². The topological polar surface area (TPSA) is 84.4 Å². The van der Waals surface area contributed by atoms with Crippen molar-refractivity contribution in [3.63, 3.8) is 0 Å². The maximum atomic E-state index is 12.4. The second kappa shape index (κ2) is 5.57. The highest BCUT2D eigenvalue weighted by atomic mass is 16.3. The second-order valence-electron chi connectivity index (χ2n) is 5.28. The average Bonchev–Trinajstić information content (AvgIpc) is 3.14. The lowest BCUT2D eigenvalue weighted by atomic mass is 10.1. The highest BCUT2D eigenvalue weighted by Gasteiger charge is 2.29. The Morgan fingerprint density at radius 1 is 1.38 bits per heavy atom. The molecule has 1 unspecified atom stereocenters. The van der Waals surface area contributed by atoms with E-state index in [1.165, 1.54) is 10.9 Å². The van der Waals surface area contributed by atoms with E-state index in [4.69, 9.17) is 5.73 Å². The fourth-order valence-electron chi connectivity index (χ4n) is 2.59. The van der Waals surface area contributed by atoms with Crippen LogP contribution in [-0.4, -0.2) is 45.3 Å². The predicted octanol–water partition coefficient (Wildman–Crippen LogP) is 0.999. The van der Waals surface area contributed by atoms with Gasteiger partial charge in [0.15, 0.2) is 11.4 Å². The van der Waals surface area contributed by atoms with Crippen LogP contribution in [0.15, 0.2) is 36.5 Å². The van der Waals surface area contributed by atoms with Crippen LogP contribution >= 0.6 is 0 Å². The number of para-hydroxylation sites is 1. The van der Waals surface area contributed by atoms with Crippen molar-refractivity contribution in [3.05, 3.63) is 42.2 Å². The molecule has 0 radical (unpaired) electrons. The first-order valence-electron chi connectivity index (χ1n) is 7.02. The Labute approximate surface area is 122 Å². The van der Waals surface area contributed by atoms with Gasteiger partial charge in [-0.3, -0.25) is 4.79 Å². The van der Waals surface area contributed by atoms with Crippen molar-refractivity contribution >= 4 is 5.91 Å². The number of rotatable bonds is 3. The minimum absolute atomic E-state index is 0.0940. The van der Waals surface area contributed by atoms with Gasteiger partial charge in [-0.1, -0.05) is 18.2 Å². The molecule has 1 saturated heterocycles. The Morgan fingerprint density at radius 3 is 2.81 bits per heavy atom. The summed E-state index contributed by atoms with van der Waals surface area (Å²) in [6, 6.07) is 9.38. The van der Waals surface area contributed by atoms with E-state index in [1.54, 1.807) is 4.90 Å². The number of nitrogens with two attached hydrogens (primary N) is 1.